The van der Waals surface area contributed by atoms with Gasteiger partial charge in [0.05, 0.1) is 10.0 Å². The summed E-state index contributed by atoms with van der Waals surface area (Å²) < 4.78 is 27.4. The summed E-state index contributed by atoms with van der Waals surface area (Å²) in [6, 6.07) is 10.7. The van der Waals surface area contributed by atoms with Gasteiger partial charge in [-0.15, -0.1) is 0 Å². The summed E-state index contributed by atoms with van der Waals surface area (Å²) in [6.45, 7) is 1.88. The van der Waals surface area contributed by atoms with Crippen molar-refractivity contribution in [2.45, 2.75) is 47.7 Å². The van der Waals surface area contributed by atoms with E-state index in [1.54, 1.807) is 24.3 Å². The predicted octanol–water partition coefficient (Wildman–Crippen LogP) is 2.89. The summed E-state index contributed by atoms with van der Waals surface area (Å²) >= 11 is 12.6. The van der Waals surface area contributed by atoms with Gasteiger partial charge in [-0.2, -0.15) is 0 Å². The van der Waals surface area contributed by atoms with Gasteiger partial charge >= 0.3 is 144 Å². The number of amidine groups is 1. The number of aromatic nitrogens is 1. The summed E-state index contributed by atoms with van der Waals surface area (Å²) in [7, 11) is 0. The third-order valence-electron chi connectivity index (χ3n) is 7.53. The molecule has 0 spiro atoms. The number of nitrogens with two attached hydrogens (primary N) is 1. The summed E-state index contributed by atoms with van der Waals surface area (Å²) in [5, 5.41) is 17.7. The fourth-order valence-corrected chi connectivity index (χ4v) is 8.22. The molecule has 3 aliphatic rings. The molecule has 2 aromatic carbocycles. The number of nitrogens with zero attached hydrogens (tertiary/aromatic N) is 3. The first kappa shape index (κ1) is 26.2. The molecule has 3 aromatic rings. The van der Waals surface area contributed by atoms with Gasteiger partial charge in [-0.25, -0.2) is 0 Å². The van der Waals surface area contributed by atoms with Crippen LogP contribution in [0, 0.1) is 5.82 Å². The molecule has 2 aliphatic heterocycles. The summed E-state index contributed by atoms with van der Waals surface area (Å²) in [6.07, 6.45) is 3.85. The number of hydrogen-bond acceptors (Lipinski definition) is 6. The standard InChI is InChI=1S/C27H27Cl2FIN4O3/c28-20-2-1-3-21(29)23(20)24-18(25(38-34-24)15-4-5-15)13-37-17-8-10-35(11-9-17)16-6-7-19(22(30)12-16)27(14-31-27)26(32)33-36/h1-3,6-7,12,15,17,36H,4-5,8-11,13-14H2,(H2,32,33)/q-1. The number of ether oxygens (including phenoxy) is 1. The number of anilines is 1. The molecule has 0 bridgehead atoms. The third kappa shape index (κ3) is 4.87. The van der Waals surface area contributed by atoms with Crippen molar-refractivity contribution in [3.05, 3.63) is 69.1 Å². The van der Waals surface area contributed by atoms with Gasteiger partial charge in [0, 0.05) is 11.5 Å². The van der Waals surface area contributed by atoms with E-state index in [1.165, 1.54) is 0 Å². The minimum absolute atomic E-state index is 0.0620. The molecule has 0 radical (unpaired) electrons. The van der Waals surface area contributed by atoms with Gasteiger partial charge in [0.15, 0.2) is 0 Å². The van der Waals surface area contributed by atoms with E-state index < -0.39 is 3.42 Å². The van der Waals surface area contributed by atoms with Crippen LogP contribution >= 0.6 is 23.2 Å². The Labute approximate surface area is 240 Å². The first-order valence-corrected chi connectivity index (χ1v) is 15.9. The van der Waals surface area contributed by atoms with Crippen LogP contribution in [0.2, 0.25) is 10.0 Å². The van der Waals surface area contributed by atoms with Crippen molar-refractivity contribution < 1.29 is 40.1 Å². The van der Waals surface area contributed by atoms with E-state index in [2.05, 4.69) is 15.2 Å². The molecule has 7 nitrogen and oxygen atoms in total. The van der Waals surface area contributed by atoms with Crippen LogP contribution in [0.5, 0.6) is 0 Å². The van der Waals surface area contributed by atoms with E-state index >= 15 is 4.39 Å². The van der Waals surface area contributed by atoms with E-state index in [-0.39, 0.29) is 39.0 Å². The Bertz CT molecular complexity index is 1360. The molecule has 2 saturated heterocycles. The second-order valence-corrected chi connectivity index (χ2v) is 14.1. The fraction of sp³-hybridized carbons (Fsp3) is 0.407. The monoisotopic (exact) mass is 671 g/mol. The fourth-order valence-electron chi connectivity index (χ4n) is 5.12. The first-order chi connectivity index (χ1) is 18.4. The molecule has 0 amide bonds. The Morgan fingerprint density at radius 2 is 1.92 bits per heavy atom. The maximum atomic E-state index is 15.1. The van der Waals surface area contributed by atoms with Crippen molar-refractivity contribution in [2.75, 3.05) is 22.4 Å². The number of hydrogen-bond donors (Lipinski definition) is 2. The quantitative estimate of drug-likeness (QED) is 0.0956. The van der Waals surface area contributed by atoms with E-state index in [9.17, 15) is 0 Å². The Balaban J connectivity index is 1.12. The Hall–Kier alpha value is -2.08. The molecule has 1 aliphatic carbocycles. The van der Waals surface area contributed by atoms with Crippen molar-refractivity contribution in [2.24, 2.45) is 10.9 Å². The minimum atomic E-state index is -0.564. The van der Waals surface area contributed by atoms with Crippen LogP contribution in [-0.2, 0) is 14.8 Å². The molecule has 3 fully saturated rings. The molecule has 1 saturated carbocycles. The van der Waals surface area contributed by atoms with Gasteiger partial charge in [0.2, 0.25) is 0 Å². The second-order valence-electron chi connectivity index (χ2n) is 9.96. The van der Waals surface area contributed by atoms with E-state index in [0.717, 1.165) is 60.2 Å². The Morgan fingerprint density at radius 3 is 2.53 bits per heavy atom. The number of piperidine rings is 1. The topological polar surface area (TPSA) is 97.1 Å². The van der Waals surface area contributed by atoms with Gasteiger partial charge < -0.3 is 4.52 Å². The molecule has 11 heteroatoms. The normalized spacial score (nSPS) is 22.4. The zero-order chi connectivity index (χ0) is 26.4. The number of oxime groups is 1. The van der Waals surface area contributed by atoms with Gasteiger partial charge in [-0.3, -0.25) is 0 Å². The van der Waals surface area contributed by atoms with E-state index in [0.29, 0.717) is 39.4 Å². The van der Waals surface area contributed by atoms with Crippen LogP contribution in [-0.4, -0.2) is 39.8 Å². The van der Waals surface area contributed by atoms with Crippen molar-refractivity contribution in [3.63, 3.8) is 0 Å². The number of rotatable bonds is 8. The SMILES string of the molecule is N/C(=N\O)C1(c2ccc(N3CCC(OCc4c(-c5c(Cl)cccc5Cl)noc4C4CC4)CC3)cc2F)C[I-]1. The van der Waals surface area contributed by atoms with Crippen molar-refractivity contribution in [1.82, 2.24) is 5.16 Å². The van der Waals surface area contributed by atoms with Gasteiger partial charge in [-0.05, 0) is 25.0 Å². The Morgan fingerprint density at radius 1 is 1.21 bits per heavy atom. The van der Waals surface area contributed by atoms with Crippen molar-refractivity contribution >= 4 is 34.7 Å². The molecule has 3 N–H and O–H groups in total. The zero-order valence-electron chi connectivity index (χ0n) is 20.5. The summed E-state index contributed by atoms with van der Waals surface area (Å²) in [5.41, 5.74) is 9.50. The first-order valence-electron chi connectivity index (χ1n) is 12.6. The summed E-state index contributed by atoms with van der Waals surface area (Å²) in [5.74, 6) is 1.06. The molecule has 6 rings (SSSR count). The van der Waals surface area contributed by atoms with Crippen LogP contribution in [0.1, 0.15) is 48.5 Å². The second kappa shape index (κ2) is 10.5. The molecule has 38 heavy (non-hydrogen) atoms. The maximum absolute atomic E-state index is 15.1. The van der Waals surface area contributed by atoms with Gasteiger partial charge in [-0.1, -0.05) is 34.4 Å². The van der Waals surface area contributed by atoms with Crippen molar-refractivity contribution in [3.8, 4) is 11.3 Å². The number of alkyl halides is 2. The number of benzene rings is 2. The van der Waals surface area contributed by atoms with Crippen LogP contribution in [0.4, 0.5) is 10.1 Å². The molecular formula is C27H27Cl2FIN4O3-. The Kier molecular flexibility index (Phi) is 7.21. The van der Waals surface area contributed by atoms with Crippen LogP contribution in [0.25, 0.3) is 11.3 Å². The third-order valence-corrected chi connectivity index (χ3v) is 11.6. The average Bonchev–Trinajstić information content (AvgIpc) is 3.86. The van der Waals surface area contributed by atoms with E-state index in [1.807, 2.05) is 12.1 Å². The van der Waals surface area contributed by atoms with Crippen molar-refractivity contribution in [1.29, 1.82) is 0 Å². The predicted molar refractivity (Wildman–Crippen MR) is 140 cm³/mol. The van der Waals surface area contributed by atoms with E-state index in [4.69, 9.17) is 43.4 Å². The molecule has 1 atom stereocenters. The molecule has 1 aromatic heterocycles. The molecule has 202 valence electrons. The van der Waals surface area contributed by atoms with Crippen LogP contribution in [0.3, 0.4) is 0 Å². The zero-order valence-corrected chi connectivity index (χ0v) is 24.1. The number of halogens is 4. The summed E-state index contributed by atoms with van der Waals surface area (Å²) in [4.78, 5) is 2.18. The van der Waals surface area contributed by atoms with Gasteiger partial charge in [0.1, 0.15) is 11.5 Å². The average molecular weight is 672 g/mol. The van der Waals surface area contributed by atoms with Gasteiger partial charge in [0.25, 0.3) is 0 Å². The molecule has 3 heterocycles. The molecule has 1 unspecified atom stereocenters. The molecular weight excluding hydrogens is 645 g/mol. The van der Waals surface area contributed by atoms with Crippen LogP contribution < -0.4 is 31.8 Å². The van der Waals surface area contributed by atoms with Crippen LogP contribution in [0.15, 0.2) is 46.1 Å².